The summed E-state index contributed by atoms with van der Waals surface area (Å²) in [4.78, 5) is 10.9. The van der Waals surface area contributed by atoms with Gasteiger partial charge in [-0.3, -0.25) is 4.79 Å². The number of hydrogen-bond acceptors (Lipinski definition) is 7. The van der Waals surface area contributed by atoms with Gasteiger partial charge in [-0.25, -0.2) is 0 Å². The lowest BCUT2D eigenvalue weighted by atomic mass is 10.1. The number of halogens is 3. The molecule has 2 aromatic rings. The number of benzene rings is 1. The van der Waals surface area contributed by atoms with Gasteiger partial charge in [-0.05, 0) is 35.8 Å². The molecule has 0 saturated heterocycles. The van der Waals surface area contributed by atoms with Crippen LogP contribution in [0.3, 0.4) is 0 Å². The standard InChI is InChI=1S/C12H5F3N2O4S2/c13-12(14,15)23(19,20)21-11-2-1-7(3-8(11)5-16)10-4-9(6-18)22-17-10/h1-4,6H. The third-order valence-electron chi connectivity index (χ3n) is 2.52. The fraction of sp³-hybridized carbons (Fsp3) is 0.0833. The van der Waals surface area contributed by atoms with Crippen molar-refractivity contribution in [1.29, 1.82) is 5.26 Å². The van der Waals surface area contributed by atoms with Crippen LogP contribution < -0.4 is 4.18 Å². The number of hydrogen-bond donors (Lipinski definition) is 0. The molecule has 1 aromatic heterocycles. The van der Waals surface area contributed by atoms with Gasteiger partial charge in [0.05, 0.1) is 16.1 Å². The van der Waals surface area contributed by atoms with Crippen molar-refractivity contribution in [2.75, 3.05) is 0 Å². The number of carbonyl (C=O) groups excluding carboxylic acids is 1. The summed E-state index contributed by atoms with van der Waals surface area (Å²) in [5, 5.41) is 8.96. The minimum atomic E-state index is -5.87. The van der Waals surface area contributed by atoms with Crippen LogP contribution in [0.4, 0.5) is 13.2 Å². The fourth-order valence-electron chi connectivity index (χ4n) is 1.50. The highest BCUT2D eigenvalue weighted by Crippen LogP contribution is 2.31. The van der Waals surface area contributed by atoms with Gasteiger partial charge in [0.2, 0.25) is 0 Å². The van der Waals surface area contributed by atoms with Crippen LogP contribution >= 0.6 is 11.5 Å². The van der Waals surface area contributed by atoms with Crippen molar-refractivity contribution >= 4 is 27.9 Å². The number of rotatable bonds is 4. The molecule has 23 heavy (non-hydrogen) atoms. The third-order valence-corrected chi connectivity index (χ3v) is 4.20. The number of nitriles is 1. The Bertz CT molecular complexity index is 898. The maximum absolute atomic E-state index is 12.3. The number of nitrogens with zero attached hydrogens (tertiary/aromatic N) is 2. The van der Waals surface area contributed by atoms with Crippen molar-refractivity contribution in [3.05, 3.63) is 34.7 Å². The maximum atomic E-state index is 12.3. The number of carbonyl (C=O) groups is 1. The molecule has 0 unspecified atom stereocenters. The number of aromatic nitrogens is 1. The van der Waals surface area contributed by atoms with Crippen molar-refractivity contribution in [3.8, 4) is 23.1 Å². The molecule has 0 bridgehead atoms. The molecule has 0 spiro atoms. The summed E-state index contributed by atoms with van der Waals surface area (Å²) >= 11 is 0.899. The molecule has 0 atom stereocenters. The fourth-order valence-corrected chi connectivity index (χ4v) is 2.54. The molecule has 0 aliphatic rings. The molecule has 0 aliphatic heterocycles. The van der Waals surface area contributed by atoms with E-state index in [0.717, 1.165) is 23.7 Å². The molecule has 0 N–H and O–H groups in total. The lowest BCUT2D eigenvalue weighted by Gasteiger charge is -2.10. The molecule has 0 radical (unpaired) electrons. The molecule has 0 amide bonds. The summed E-state index contributed by atoms with van der Waals surface area (Å²) < 4.78 is 66.8. The topological polar surface area (TPSA) is 97.1 Å². The summed E-state index contributed by atoms with van der Waals surface area (Å²) in [6.45, 7) is 0. The van der Waals surface area contributed by atoms with Crippen LogP contribution in [0.5, 0.6) is 5.75 Å². The summed E-state index contributed by atoms with van der Waals surface area (Å²) in [7, 11) is -5.87. The van der Waals surface area contributed by atoms with Crippen LogP contribution in [0, 0.1) is 11.3 Å². The zero-order chi connectivity index (χ0) is 17.3. The molecule has 0 aliphatic carbocycles. The smallest absolute Gasteiger partial charge is 0.375 e. The first-order valence-corrected chi connectivity index (χ1v) is 7.83. The Morgan fingerprint density at radius 2 is 2.00 bits per heavy atom. The Morgan fingerprint density at radius 3 is 2.52 bits per heavy atom. The predicted molar refractivity (Wildman–Crippen MR) is 73.3 cm³/mol. The lowest BCUT2D eigenvalue weighted by molar-refractivity contribution is -0.0500. The molecular weight excluding hydrogens is 357 g/mol. The first-order chi connectivity index (χ1) is 10.7. The Balaban J connectivity index is 2.42. The van der Waals surface area contributed by atoms with E-state index >= 15 is 0 Å². The normalized spacial score (nSPS) is 11.7. The molecule has 0 saturated carbocycles. The van der Waals surface area contributed by atoms with Crippen LogP contribution in [0.25, 0.3) is 11.3 Å². The zero-order valence-electron chi connectivity index (χ0n) is 10.9. The van der Waals surface area contributed by atoms with E-state index in [1.807, 2.05) is 0 Å². The average Bonchev–Trinajstić information content (AvgIpc) is 2.95. The quantitative estimate of drug-likeness (QED) is 0.471. The number of aldehydes is 1. The minimum absolute atomic E-state index is 0.318. The van der Waals surface area contributed by atoms with Gasteiger partial charge in [-0.2, -0.15) is 31.2 Å². The van der Waals surface area contributed by atoms with Gasteiger partial charge in [0.1, 0.15) is 6.07 Å². The van der Waals surface area contributed by atoms with Crippen molar-refractivity contribution in [3.63, 3.8) is 0 Å². The highest BCUT2D eigenvalue weighted by molar-refractivity contribution is 7.88. The molecule has 6 nitrogen and oxygen atoms in total. The maximum Gasteiger partial charge on any atom is 0.534 e. The second-order valence-corrected chi connectivity index (χ2v) is 6.41. The minimum Gasteiger partial charge on any atom is -0.375 e. The Hall–Kier alpha value is -2.45. The van der Waals surface area contributed by atoms with Crippen LogP contribution in [0.15, 0.2) is 24.3 Å². The van der Waals surface area contributed by atoms with Gasteiger partial charge in [0, 0.05) is 5.56 Å². The third kappa shape index (κ3) is 3.49. The second kappa shape index (κ2) is 5.98. The van der Waals surface area contributed by atoms with Gasteiger partial charge in [0.25, 0.3) is 0 Å². The van der Waals surface area contributed by atoms with E-state index in [-0.39, 0.29) is 0 Å². The molecule has 11 heteroatoms. The highest BCUT2D eigenvalue weighted by atomic mass is 32.2. The van der Waals surface area contributed by atoms with Crippen LogP contribution in [-0.4, -0.2) is 24.6 Å². The van der Waals surface area contributed by atoms with Gasteiger partial charge in [0.15, 0.2) is 12.0 Å². The van der Waals surface area contributed by atoms with E-state index in [9.17, 15) is 26.4 Å². The first-order valence-electron chi connectivity index (χ1n) is 5.65. The molecule has 0 fully saturated rings. The summed E-state index contributed by atoms with van der Waals surface area (Å²) in [6.07, 6.45) is 0.569. The zero-order valence-corrected chi connectivity index (χ0v) is 12.5. The van der Waals surface area contributed by atoms with Crippen molar-refractivity contribution < 1.29 is 30.6 Å². The van der Waals surface area contributed by atoms with Crippen LogP contribution in [0.2, 0.25) is 0 Å². The molecule has 120 valence electrons. The molecule has 2 rings (SSSR count). The summed E-state index contributed by atoms with van der Waals surface area (Å²) in [5.41, 5.74) is -5.39. The SMILES string of the molecule is N#Cc1cc(-c2cc(C=O)sn2)ccc1OS(=O)(=O)C(F)(F)F. The van der Waals surface area contributed by atoms with Crippen LogP contribution in [0.1, 0.15) is 15.2 Å². The number of alkyl halides is 3. The highest BCUT2D eigenvalue weighted by Gasteiger charge is 2.48. The molecular formula is C12H5F3N2O4S2. The van der Waals surface area contributed by atoms with E-state index in [2.05, 4.69) is 8.56 Å². The van der Waals surface area contributed by atoms with Gasteiger partial charge in [-0.15, -0.1) is 0 Å². The monoisotopic (exact) mass is 362 g/mol. The van der Waals surface area contributed by atoms with Crippen molar-refractivity contribution in [2.45, 2.75) is 5.51 Å². The Kier molecular flexibility index (Phi) is 4.39. The van der Waals surface area contributed by atoms with E-state index in [1.165, 1.54) is 12.1 Å². The largest absolute Gasteiger partial charge is 0.534 e. The summed E-state index contributed by atoms with van der Waals surface area (Å²) in [6, 6.07) is 6.23. The lowest BCUT2D eigenvalue weighted by Crippen LogP contribution is -2.28. The van der Waals surface area contributed by atoms with E-state index in [4.69, 9.17) is 5.26 Å². The Morgan fingerprint density at radius 1 is 1.30 bits per heavy atom. The Labute approximate surface area is 132 Å². The first kappa shape index (κ1) is 16.9. The summed E-state index contributed by atoms with van der Waals surface area (Å²) in [5.74, 6) is -0.751. The van der Waals surface area contributed by atoms with E-state index in [1.54, 1.807) is 6.07 Å². The van der Waals surface area contributed by atoms with Crippen molar-refractivity contribution in [2.24, 2.45) is 0 Å². The van der Waals surface area contributed by atoms with Gasteiger partial charge >= 0.3 is 15.6 Å². The van der Waals surface area contributed by atoms with E-state index in [0.29, 0.717) is 22.4 Å². The van der Waals surface area contributed by atoms with E-state index < -0.39 is 26.9 Å². The second-order valence-electron chi connectivity index (χ2n) is 4.04. The van der Waals surface area contributed by atoms with Gasteiger partial charge < -0.3 is 4.18 Å². The van der Waals surface area contributed by atoms with Gasteiger partial charge in [-0.1, -0.05) is 0 Å². The predicted octanol–water partition coefficient (Wildman–Crippen LogP) is 2.72. The van der Waals surface area contributed by atoms with Crippen molar-refractivity contribution in [1.82, 2.24) is 4.37 Å². The molecule has 1 aromatic carbocycles. The van der Waals surface area contributed by atoms with Crippen LogP contribution in [-0.2, 0) is 10.1 Å². The molecule has 1 heterocycles. The average molecular weight is 362 g/mol.